The van der Waals surface area contributed by atoms with Gasteiger partial charge in [0.05, 0.1) is 0 Å². The van der Waals surface area contributed by atoms with Crippen molar-refractivity contribution in [3.05, 3.63) is 12.2 Å². The van der Waals surface area contributed by atoms with Crippen molar-refractivity contribution in [2.45, 2.75) is 137 Å². The highest BCUT2D eigenvalue weighted by Crippen LogP contribution is 2.21. The summed E-state index contributed by atoms with van der Waals surface area (Å²) in [6.07, 6.45) is 27.5. The largest absolute Gasteiger partial charge is 0.0883 e. The fourth-order valence-electron chi connectivity index (χ4n) is 3.77. The molecule has 26 heavy (non-hydrogen) atoms. The Balaban J connectivity index is 3.38. The molecule has 0 rings (SSSR count). The Morgan fingerprint density at radius 2 is 1.04 bits per heavy atom. The molecule has 0 nitrogen and oxygen atoms in total. The van der Waals surface area contributed by atoms with Gasteiger partial charge in [-0.25, -0.2) is 0 Å². The topological polar surface area (TPSA) is 0 Å². The van der Waals surface area contributed by atoms with Crippen molar-refractivity contribution in [3.8, 4) is 0 Å². The van der Waals surface area contributed by atoms with Gasteiger partial charge in [0.25, 0.3) is 0 Å². The molecule has 156 valence electrons. The number of rotatable bonds is 19. The lowest BCUT2D eigenvalue weighted by molar-refractivity contribution is 0.402. The van der Waals surface area contributed by atoms with E-state index < -0.39 is 0 Å². The van der Waals surface area contributed by atoms with Crippen molar-refractivity contribution in [2.75, 3.05) is 0 Å². The normalized spacial score (nSPS) is 15.4. The molecule has 0 aliphatic rings. The average molecular weight is 365 g/mol. The zero-order chi connectivity index (χ0) is 19.5. The van der Waals surface area contributed by atoms with E-state index in [0.29, 0.717) is 0 Å². The molecule has 0 aromatic heterocycles. The summed E-state index contributed by atoms with van der Waals surface area (Å²) >= 11 is 0. The first kappa shape index (κ1) is 25.7. The smallest absolute Gasteiger partial charge is 0.0265 e. The van der Waals surface area contributed by atoms with Gasteiger partial charge in [0.2, 0.25) is 0 Å². The minimum Gasteiger partial charge on any atom is -0.0883 e. The standard InChI is InChI=1S/C26H52/c1-6-8-9-11-15-20-25(4)22-17-18-23-26(5)21-16-13-10-12-14-19-24(3)7-2/h14,19,24-26H,6-13,15-18,20-23H2,1-5H3/b19-14+. The third kappa shape index (κ3) is 18.5. The maximum Gasteiger partial charge on any atom is -0.0265 e. The van der Waals surface area contributed by atoms with E-state index in [1.54, 1.807) is 0 Å². The molecule has 0 aromatic carbocycles. The van der Waals surface area contributed by atoms with Gasteiger partial charge in [-0.1, -0.05) is 137 Å². The summed E-state index contributed by atoms with van der Waals surface area (Å²) in [5, 5.41) is 0. The predicted molar refractivity (Wildman–Crippen MR) is 122 cm³/mol. The van der Waals surface area contributed by atoms with Gasteiger partial charge in [0.15, 0.2) is 0 Å². The fraction of sp³-hybridized carbons (Fsp3) is 0.923. The highest BCUT2D eigenvalue weighted by Gasteiger charge is 2.05. The molecule has 0 saturated heterocycles. The van der Waals surface area contributed by atoms with Gasteiger partial charge in [-0.15, -0.1) is 0 Å². The highest BCUT2D eigenvalue weighted by molar-refractivity contribution is 4.85. The van der Waals surface area contributed by atoms with Crippen molar-refractivity contribution in [1.82, 2.24) is 0 Å². The van der Waals surface area contributed by atoms with Crippen LogP contribution in [0.3, 0.4) is 0 Å². The second-order valence-corrected chi connectivity index (χ2v) is 9.15. The summed E-state index contributed by atoms with van der Waals surface area (Å²) in [7, 11) is 0. The summed E-state index contributed by atoms with van der Waals surface area (Å²) in [6, 6.07) is 0. The molecule has 3 unspecified atom stereocenters. The first-order chi connectivity index (χ1) is 12.6. The maximum atomic E-state index is 2.47. The van der Waals surface area contributed by atoms with Gasteiger partial charge in [0.1, 0.15) is 0 Å². The zero-order valence-electron chi connectivity index (χ0n) is 19.2. The van der Waals surface area contributed by atoms with E-state index in [0.717, 1.165) is 17.8 Å². The van der Waals surface area contributed by atoms with Crippen LogP contribution in [0.4, 0.5) is 0 Å². The highest BCUT2D eigenvalue weighted by atomic mass is 14.1. The number of unbranched alkanes of at least 4 members (excludes halogenated alkanes) is 8. The molecule has 0 bridgehead atoms. The quantitative estimate of drug-likeness (QED) is 0.158. The van der Waals surface area contributed by atoms with Crippen LogP contribution in [-0.4, -0.2) is 0 Å². The van der Waals surface area contributed by atoms with Crippen LogP contribution >= 0.6 is 0 Å². The van der Waals surface area contributed by atoms with Gasteiger partial charge in [-0.2, -0.15) is 0 Å². The van der Waals surface area contributed by atoms with Gasteiger partial charge in [-0.05, 0) is 30.6 Å². The van der Waals surface area contributed by atoms with Crippen LogP contribution in [0.2, 0.25) is 0 Å². The first-order valence-corrected chi connectivity index (χ1v) is 12.3. The minimum atomic E-state index is 0.763. The third-order valence-electron chi connectivity index (χ3n) is 6.12. The van der Waals surface area contributed by atoms with Gasteiger partial charge >= 0.3 is 0 Å². The van der Waals surface area contributed by atoms with Crippen LogP contribution in [-0.2, 0) is 0 Å². The van der Waals surface area contributed by atoms with Crippen LogP contribution in [0.25, 0.3) is 0 Å². The number of hydrogen-bond acceptors (Lipinski definition) is 0. The van der Waals surface area contributed by atoms with Crippen molar-refractivity contribution >= 4 is 0 Å². The molecule has 0 aliphatic heterocycles. The van der Waals surface area contributed by atoms with E-state index in [1.165, 1.54) is 103 Å². The van der Waals surface area contributed by atoms with Gasteiger partial charge in [0, 0.05) is 0 Å². The third-order valence-corrected chi connectivity index (χ3v) is 6.12. The van der Waals surface area contributed by atoms with Crippen LogP contribution in [0.5, 0.6) is 0 Å². The van der Waals surface area contributed by atoms with Crippen molar-refractivity contribution in [2.24, 2.45) is 17.8 Å². The minimum absolute atomic E-state index is 0.763. The average Bonchev–Trinajstić information content (AvgIpc) is 2.64. The summed E-state index contributed by atoms with van der Waals surface area (Å²) in [6.45, 7) is 11.8. The van der Waals surface area contributed by atoms with Crippen LogP contribution in [0, 0.1) is 17.8 Å². The molecule has 0 heteroatoms. The molecule has 0 fully saturated rings. The zero-order valence-corrected chi connectivity index (χ0v) is 19.2. The Labute approximate surface area is 167 Å². The lowest BCUT2D eigenvalue weighted by Gasteiger charge is -2.13. The lowest BCUT2D eigenvalue weighted by atomic mass is 9.93. The fourth-order valence-corrected chi connectivity index (χ4v) is 3.77. The van der Waals surface area contributed by atoms with Crippen LogP contribution in [0.1, 0.15) is 137 Å². The van der Waals surface area contributed by atoms with Crippen LogP contribution in [0.15, 0.2) is 12.2 Å². The summed E-state index contributed by atoms with van der Waals surface area (Å²) < 4.78 is 0. The first-order valence-electron chi connectivity index (χ1n) is 12.3. The molecule has 0 aromatic rings. The van der Waals surface area contributed by atoms with E-state index in [2.05, 4.69) is 46.8 Å². The Kier molecular flexibility index (Phi) is 19.3. The van der Waals surface area contributed by atoms with Crippen molar-refractivity contribution in [3.63, 3.8) is 0 Å². The molecule has 0 saturated carbocycles. The van der Waals surface area contributed by atoms with Gasteiger partial charge < -0.3 is 0 Å². The second-order valence-electron chi connectivity index (χ2n) is 9.15. The molecule has 0 radical (unpaired) electrons. The maximum absolute atomic E-state index is 2.47. The van der Waals surface area contributed by atoms with Crippen LogP contribution < -0.4 is 0 Å². The lowest BCUT2D eigenvalue weighted by Crippen LogP contribution is -1.98. The Morgan fingerprint density at radius 1 is 0.577 bits per heavy atom. The van der Waals surface area contributed by atoms with Crippen molar-refractivity contribution < 1.29 is 0 Å². The predicted octanol–water partition coefficient (Wildman–Crippen LogP) is 9.73. The molecule has 0 N–H and O–H groups in total. The monoisotopic (exact) mass is 364 g/mol. The van der Waals surface area contributed by atoms with E-state index in [4.69, 9.17) is 0 Å². The van der Waals surface area contributed by atoms with Gasteiger partial charge in [-0.3, -0.25) is 0 Å². The molecule has 0 aliphatic carbocycles. The Morgan fingerprint density at radius 3 is 1.54 bits per heavy atom. The molecule has 0 amide bonds. The second kappa shape index (κ2) is 19.5. The Bertz CT molecular complexity index is 290. The van der Waals surface area contributed by atoms with E-state index in [9.17, 15) is 0 Å². The van der Waals surface area contributed by atoms with E-state index >= 15 is 0 Å². The SMILES string of the molecule is CCCCCCCC(C)CCCCC(C)CCCCC/C=C/C(C)CC. The van der Waals surface area contributed by atoms with Crippen molar-refractivity contribution in [1.29, 1.82) is 0 Å². The molecule has 0 spiro atoms. The van der Waals surface area contributed by atoms with E-state index in [-0.39, 0.29) is 0 Å². The summed E-state index contributed by atoms with van der Waals surface area (Å²) in [4.78, 5) is 0. The molecule has 0 heterocycles. The van der Waals surface area contributed by atoms with E-state index in [1.807, 2.05) is 0 Å². The summed E-state index contributed by atoms with van der Waals surface area (Å²) in [5.74, 6) is 2.66. The molecule has 3 atom stereocenters. The number of allylic oxidation sites excluding steroid dienone is 2. The number of hydrogen-bond donors (Lipinski definition) is 0. The Hall–Kier alpha value is -0.260. The molecular formula is C26H52. The molecular weight excluding hydrogens is 312 g/mol. The summed E-state index contributed by atoms with van der Waals surface area (Å²) in [5.41, 5.74) is 0.